The number of likely N-dealkylation sites (N-methyl/N-ethyl adjacent to an activating group) is 1. The predicted octanol–water partition coefficient (Wildman–Crippen LogP) is 1.21. The maximum absolute atomic E-state index is 11.2. The molecule has 0 saturated heterocycles. The molecule has 1 amide bonds. The Kier molecular flexibility index (Phi) is 1.22. The fraction of sp³-hybridized carbons (Fsp3) is 0.222. The molecule has 0 bridgehead atoms. The molecule has 11 heavy (non-hydrogen) atoms. The molecule has 0 N–H and O–H groups in total. The standard InChI is InChI=1S/C9H9NO/c1-10-8-5-3-2-4-7(8)6-9(10)11/h2-5H,6H2,1H3/i1+1. The van der Waals surface area contributed by atoms with Crippen LogP contribution in [0.3, 0.4) is 0 Å². The van der Waals surface area contributed by atoms with E-state index in [-0.39, 0.29) is 5.91 Å². The zero-order valence-corrected chi connectivity index (χ0v) is 6.37. The first kappa shape index (κ1) is 6.40. The average Bonchev–Trinajstić information content (AvgIpc) is 2.30. The summed E-state index contributed by atoms with van der Waals surface area (Å²) in [6, 6.07) is 7.89. The van der Waals surface area contributed by atoms with Crippen LogP contribution in [-0.4, -0.2) is 13.0 Å². The van der Waals surface area contributed by atoms with Crippen molar-refractivity contribution in [3.05, 3.63) is 29.8 Å². The van der Waals surface area contributed by atoms with Gasteiger partial charge in [0.2, 0.25) is 5.91 Å². The number of para-hydroxylation sites is 1. The molecule has 0 aromatic heterocycles. The van der Waals surface area contributed by atoms with Gasteiger partial charge in [0.1, 0.15) is 0 Å². The predicted molar refractivity (Wildman–Crippen MR) is 43.6 cm³/mol. The van der Waals surface area contributed by atoms with Crippen LogP contribution in [0.5, 0.6) is 0 Å². The van der Waals surface area contributed by atoms with Crippen molar-refractivity contribution in [3.8, 4) is 0 Å². The Morgan fingerprint density at radius 2 is 2.09 bits per heavy atom. The molecule has 1 aliphatic heterocycles. The van der Waals surface area contributed by atoms with Gasteiger partial charge >= 0.3 is 0 Å². The molecule has 56 valence electrons. The number of hydrogen-bond acceptors (Lipinski definition) is 1. The third kappa shape index (κ3) is 0.827. The second-order valence-electron chi connectivity index (χ2n) is 2.76. The molecule has 0 saturated carbocycles. The molecule has 0 aliphatic carbocycles. The van der Waals surface area contributed by atoms with Crippen molar-refractivity contribution in [1.29, 1.82) is 0 Å². The normalized spacial score (nSPS) is 15.4. The Morgan fingerprint density at radius 3 is 2.82 bits per heavy atom. The lowest BCUT2D eigenvalue weighted by Crippen LogP contribution is -2.20. The Hall–Kier alpha value is -1.31. The molecule has 0 fully saturated rings. The summed E-state index contributed by atoms with van der Waals surface area (Å²) in [6.07, 6.45) is 0.562. The molecule has 1 aromatic carbocycles. The van der Waals surface area contributed by atoms with E-state index in [0.29, 0.717) is 6.42 Å². The lowest BCUT2D eigenvalue weighted by molar-refractivity contribution is -0.117. The third-order valence-corrected chi connectivity index (χ3v) is 2.07. The summed E-state index contributed by atoms with van der Waals surface area (Å²) in [6.45, 7) is 0. The second-order valence-corrected chi connectivity index (χ2v) is 2.76. The van der Waals surface area contributed by atoms with Crippen LogP contribution in [0.2, 0.25) is 0 Å². The fourth-order valence-corrected chi connectivity index (χ4v) is 1.40. The molecular formula is C9H9NO. The van der Waals surface area contributed by atoms with Crippen molar-refractivity contribution in [3.63, 3.8) is 0 Å². The maximum Gasteiger partial charge on any atom is 0.231 e. The van der Waals surface area contributed by atoms with E-state index in [1.165, 1.54) is 0 Å². The van der Waals surface area contributed by atoms with Gasteiger partial charge in [-0.05, 0) is 11.6 Å². The van der Waals surface area contributed by atoms with E-state index in [9.17, 15) is 4.79 Å². The molecule has 1 aromatic rings. The fourth-order valence-electron chi connectivity index (χ4n) is 1.40. The highest BCUT2D eigenvalue weighted by Gasteiger charge is 2.22. The van der Waals surface area contributed by atoms with Crippen LogP contribution in [0.15, 0.2) is 24.3 Å². The van der Waals surface area contributed by atoms with Crippen molar-refractivity contribution in [1.82, 2.24) is 0 Å². The van der Waals surface area contributed by atoms with Gasteiger partial charge in [0.15, 0.2) is 0 Å². The minimum absolute atomic E-state index is 0.186. The first-order valence-electron chi connectivity index (χ1n) is 3.63. The molecule has 0 unspecified atom stereocenters. The van der Waals surface area contributed by atoms with Gasteiger partial charge in [-0.2, -0.15) is 0 Å². The Labute approximate surface area is 65.4 Å². The summed E-state index contributed by atoms with van der Waals surface area (Å²) in [7, 11) is 1.81. The SMILES string of the molecule is [13CH3]N1C(=O)Cc2ccccc21. The van der Waals surface area contributed by atoms with E-state index >= 15 is 0 Å². The lowest BCUT2D eigenvalue weighted by atomic mass is 10.2. The molecule has 0 spiro atoms. The van der Waals surface area contributed by atoms with Crippen LogP contribution < -0.4 is 4.90 Å². The van der Waals surface area contributed by atoms with Gasteiger partial charge in [-0.3, -0.25) is 4.79 Å². The topological polar surface area (TPSA) is 20.3 Å². The monoisotopic (exact) mass is 148 g/mol. The van der Waals surface area contributed by atoms with Crippen molar-refractivity contribution in [2.24, 2.45) is 0 Å². The smallest absolute Gasteiger partial charge is 0.231 e. The number of nitrogens with zero attached hydrogens (tertiary/aromatic N) is 1. The van der Waals surface area contributed by atoms with E-state index in [1.54, 1.807) is 4.90 Å². The van der Waals surface area contributed by atoms with Gasteiger partial charge in [-0.1, -0.05) is 18.2 Å². The highest BCUT2D eigenvalue weighted by molar-refractivity contribution is 6.00. The number of fused-ring (bicyclic) bond motifs is 1. The van der Waals surface area contributed by atoms with Crippen LogP contribution in [0.25, 0.3) is 0 Å². The summed E-state index contributed by atoms with van der Waals surface area (Å²) in [4.78, 5) is 12.9. The van der Waals surface area contributed by atoms with E-state index < -0.39 is 0 Å². The Bertz CT molecular complexity index is 306. The quantitative estimate of drug-likeness (QED) is 0.506. The van der Waals surface area contributed by atoms with Gasteiger partial charge in [-0.25, -0.2) is 0 Å². The third-order valence-electron chi connectivity index (χ3n) is 2.07. The first-order valence-corrected chi connectivity index (χ1v) is 3.63. The van der Waals surface area contributed by atoms with E-state index in [2.05, 4.69) is 0 Å². The van der Waals surface area contributed by atoms with Crippen molar-refractivity contribution >= 4 is 11.6 Å². The molecular weight excluding hydrogens is 139 g/mol. The second kappa shape index (κ2) is 2.09. The van der Waals surface area contributed by atoms with Gasteiger partial charge < -0.3 is 4.90 Å². The molecule has 2 heteroatoms. The zero-order chi connectivity index (χ0) is 7.84. The van der Waals surface area contributed by atoms with Crippen molar-refractivity contribution in [2.45, 2.75) is 6.42 Å². The molecule has 2 rings (SSSR count). The van der Waals surface area contributed by atoms with Gasteiger partial charge in [0, 0.05) is 12.7 Å². The van der Waals surface area contributed by atoms with Gasteiger partial charge in [0.05, 0.1) is 6.42 Å². The summed E-state index contributed by atoms with van der Waals surface area (Å²) in [5.74, 6) is 0.186. The van der Waals surface area contributed by atoms with E-state index in [0.717, 1.165) is 11.3 Å². The van der Waals surface area contributed by atoms with Gasteiger partial charge in [0.25, 0.3) is 0 Å². The number of carbonyl (C=O) groups is 1. The summed E-state index contributed by atoms with van der Waals surface area (Å²) in [5.41, 5.74) is 2.19. The number of amides is 1. The molecule has 2 nitrogen and oxygen atoms in total. The van der Waals surface area contributed by atoms with E-state index in [4.69, 9.17) is 0 Å². The van der Waals surface area contributed by atoms with Crippen LogP contribution in [0, 0.1) is 0 Å². The van der Waals surface area contributed by atoms with Crippen LogP contribution >= 0.6 is 0 Å². The van der Waals surface area contributed by atoms with Crippen molar-refractivity contribution < 1.29 is 4.79 Å². The Balaban J connectivity index is 2.55. The minimum Gasteiger partial charge on any atom is -0.315 e. The summed E-state index contributed by atoms with van der Waals surface area (Å²) < 4.78 is 0. The number of anilines is 1. The number of rotatable bonds is 0. The summed E-state index contributed by atoms with van der Waals surface area (Å²) >= 11 is 0. The zero-order valence-electron chi connectivity index (χ0n) is 6.37. The lowest BCUT2D eigenvalue weighted by Gasteiger charge is -2.08. The van der Waals surface area contributed by atoms with Crippen LogP contribution in [0.1, 0.15) is 5.56 Å². The Morgan fingerprint density at radius 1 is 1.36 bits per heavy atom. The van der Waals surface area contributed by atoms with E-state index in [1.807, 2.05) is 31.3 Å². The highest BCUT2D eigenvalue weighted by atomic mass is 16.2. The number of hydrogen-bond donors (Lipinski definition) is 0. The molecule has 0 atom stereocenters. The highest BCUT2D eigenvalue weighted by Crippen LogP contribution is 2.26. The molecule has 1 heterocycles. The minimum atomic E-state index is 0.186. The van der Waals surface area contributed by atoms with Crippen LogP contribution in [-0.2, 0) is 11.2 Å². The van der Waals surface area contributed by atoms with Gasteiger partial charge in [-0.15, -0.1) is 0 Å². The molecule has 1 aliphatic rings. The average molecular weight is 148 g/mol. The number of benzene rings is 1. The van der Waals surface area contributed by atoms with Crippen molar-refractivity contribution in [2.75, 3.05) is 11.9 Å². The summed E-state index contributed by atoms with van der Waals surface area (Å²) in [5, 5.41) is 0. The number of carbonyl (C=O) groups excluding carboxylic acids is 1. The maximum atomic E-state index is 11.2. The first-order chi connectivity index (χ1) is 5.29. The largest absolute Gasteiger partial charge is 0.315 e. The molecule has 0 radical (unpaired) electrons. The van der Waals surface area contributed by atoms with Crippen LogP contribution in [0.4, 0.5) is 5.69 Å².